The maximum absolute atomic E-state index is 12.6. The molecule has 2 aliphatic heterocycles. The van der Waals surface area contributed by atoms with Crippen LogP contribution in [0.2, 0.25) is 0 Å². The van der Waals surface area contributed by atoms with Crippen LogP contribution in [0.25, 0.3) is 0 Å². The number of morpholine rings is 1. The molecule has 0 saturated carbocycles. The van der Waals surface area contributed by atoms with E-state index >= 15 is 0 Å². The summed E-state index contributed by atoms with van der Waals surface area (Å²) in [7, 11) is -3.65. The van der Waals surface area contributed by atoms with Gasteiger partial charge in [0.2, 0.25) is 15.9 Å². The Kier molecular flexibility index (Phi) is 6.37. The third kappa shape index (κ3) is 4.65. The lowest BCUT2D eigenvalue weighted by Crippen LogP contribution is -2.51. The van der Waals surface area contributed by atoms with Gasteiger partial charge in [0.25, 0.3) is 0 Å². The molecule has 1 atom stereocenters. The molecule has 0 aromatic rings. The Morgan fingerprint density at radius 1 is 1.22 bits per heavy atom. The molecule has 0 N–H and O–H groups in total. The lowest BCUT2D eigenvalue weighted by Gasteiger charge is -2.32. The molecule has 0 radical (unpaired) electrons. The number of hydrogen-bond donors (Lipinski definition) is 0. The minimum absolute atomic E-state index is 0.162. The molecule has 2 rings (SSSR count). The molecule has 2 heterocycles. The zero-order valence-electron chi connectivity index (χ0n) is 13.4. The highest BCUT2D eigenvalue weighted by atomic mass is 32.2. The summed E-state index contributed by atoms with van der Waals surface area (Å²) in [5, 5.41) is 0. The lowest BCUT2D eigenvalue weighted by molar-refractivity contribution is -0.142. The number of carbonyl (C=O) groups excluding carboxylic acids is 2. The van der Waals surface area contributed by atoms with Crippen molar-refractivity contribution in [2.75, 3.05) is 45.2 Å². The largest absolute Gasteiger partial charge is 0.466 e. The van der Waals surface area contributed by atoms with Crippen molar-refractivity contribution < 1.29 is 27.5 Å². The fourth-order valence-corrected chi connectivity index (χ4v) is 4.53. The van der Waals surface area contributed by atoms with Gasteiger partial charge in [0.05, 0.1) is 32.0 Å². The number of nitrogens with zero attached hydrogens (tertiary/aromatic N) is 2. The normalized spacial score (nSPS) is 23.0. The summed E-state index contributed by atoms with van der Waals surface area (Å²) >= 11 is 0. The summed E-state index contributed by atoms with van der Waals surface area (Å²) in [6, 6.07) is -0.653. The second-order valence-electron chi connectivity index (χ2n) is 5.58. The number of ether oxygens (including phenoxy) is 2. The third-order valence-corrected chi connectivity index (χ3v) is 5.91. The van der Waals surface area contributed by atoms with Crippen molar-refractivity contribution in [3.8, 4) is 0 Å². The molecule has 23 heavy (non-hydrogen) atoms. The van der Waals surface area contributed by atoms with Crippen molar-refractivity contribution in [2.24, 2.45) is 0 Å². The first-order valence-electron chi connectivity index (χ1n) is 7.97. The Hall–Kier alpha value is -1.19. The van der Waals surface area contributed by atoms with Crippen LogP contribution in [0.5, 0.6) is 0 Å². The van der Waals surface area contributed by atoms with E-state index in [1.165, 1.54) is 4.31 Å². The molecule has 8 nitrogen and oxygen atoms in total. The van der Waals surface area contributed by atoms with Crippen LogP contribution >= 0.6 is 0 Å². The van der Waals surface area contributed by atoms with E-state index in [0.717, 1.165) is 0 Å². The molecule has 2 aliphatic rings. The smallest absolute Gasteiger partial charge is 0.306 e. The summed E-state index contributed by atoms with van der Waals surface area (Å²) in [5.74, 6) is -1.02. The fraction of sp³-hybridized carbons (Fsp3) is 0.857. The average molecular weight is 348 g/mol. The first-order valence-corrected chi connectivity index (χ1v) is 9.58. The van der Waals surface area contributed by atoms with E-state index in [-0.39, 0.29) is 24.7 Å². The Bertz CT molecular complexity index is 529. The first kappa shape index (κ1) is 18.2. The quantitative estimate of drug-likeness (QED) is 0.606. The van der Waals surface area contributed by atoms with Crippen molar-refractivity contribution in [3.63, 3.8) is 0 Å². The fourth-order valence-electron chi connectivity index (χ4n) is 2.88. The molecular formula is C14H24N2O6S. The lowest BCUT2D eigenvalue weighted by atomic mass is 10.2. The highest BCUT2D eigenvalue weighted by Gasteiger charge is 2.40. The van der Waals surface area contributed by atoms with E-state index in [1.54, 1.807) is 11.8 Å². The van der Waals surface area contributed by atoms with Gasteiger partial charge in [0.15, 0.2) is 0 Å². The molecule has 0 unspecified atom stereocenters. The molecule has 9 heteroatoms. The second-order valence-corrected chi connectivity index (χ2v) is 7.62. The SMILES string of the molecule is CCOC(=O)CCS(=O)(=O)N1CCC[C@@H]1C(=O)N1CCOCC1. The van der Waals surface area contributed by atoms with Crippen molar-refractivity contribution in [2.45, 2.75) is 32.2 Å². The molecule has 0 aliphatic carbocycles. The Morgan fingerprint density at radius 3 is 2.57 bits per heavy atom. The topological polar surface area (TPSA) is 93.2 Å². The number of hydrogen-bond acceptors (Lipinski definition) is 6. The Labute approximate surface area is 136 Å². The molecule has 0 aromatic heterocycles. The van der Waals surface area contributed by atoms with Crippen LogP contribution in [0.3, 0.4) is 0 Å². The van der Waals surface area contributed by atoms with Crippen LogP contribution in [-0.2, 0) is 29.1 Å². The summed E-state index contributed by atoms with van der Waals surface area (Å²) in [6.45, 7) is 4.16. The van der Waals surface area contributed by atoms with Gasteiger partial charge in [-0.1, -0.05) is 0 Å². The predicted molar refractivity (Wildman–Crippen MR) is 82.2 cm³/mol. The van der Waals surface area contributed by atoms with Crippen LogP contribution in [0.15, 0.2) is 0 Å². The number of sulfonamides is 1. The van der Waals surface area contributed by atoms with Crippen molar-refractivity contribution in [1.82, 2.24) is 9.21 Å². The molecule has 0 spiro atoms. The predicted octanol–water partition coefficient (Wildman–Crippen LogP) is -0.407. The van der Waals surface area contributed by atoms with Crippen LogP contribution in [0, 0.1) is 0 Å². The number of rotatable bonds is 6. The minimum Gasteiger partial charge on any atom is -0.466 e. The van der Waals surface area contributed by atoms with E-state index in [9.17, 15) is 18.0 Å². The van der Waals surface area contributed by atoms with Gasteiger partial charge >= 0.3 is 5.97 Å². The summed E-state index contributed by atoms with van der Waals surface area (Å²) in [6.07, 6.45) is 0.985. The van der Waals surface area contributed by atoms with Gasteiger partial charge in [-0.2, -0.15) is 4.31 Å². The molecule has 1 amide bonds. The number of esters is 1. The van der Waals surface area contributed by atoms with Gasteiger partial charge in [-0.25, -0.2) is 8.42 Å². The summed E-state index contributed by atoms with van der Waals surface area (Å²) in [4.78, 5) is 25.6. The maximum atomic E-state index is 12.6. The van der Waals surface area contributed by atoms with Gasteiger partial charge in [-0.05, 0) is 19.8 Å². The standard InChI is InChI=1S/C14H24N2O6S/c1-2-22-13(17)5-11-23(19,20)16-6-3-4-12(16)14(18)15-7-9-21-10-8-15/h12H,2-11H2,1H3/t12-/m1/s1. The van der Waals surface area contributed by atoms with Gasteiger partial charge in [0.1, 0.15) is 6.04 Å². The summed E-state index contributed by atoms with van der Waals surface area (Å²) in [5.41, 5.74) is 0. The monoisotopic (exact) mass is 348 g/mol. The molecule has 0 bridgehead atoms. The molecular weight excluding hydrogens is 324 g/mol. The molecule has 0 aromatic carbocycles. The van der Waals surface area contributed by atoms with E-state index in [1.807, 2.05) is 0 Å². The van der Waals surface area contributed by atoms with Crippen LogP contribution in [0.4, 0.5) is 0 Å². The Balaban J connectivity index is 1.99. The third-order valence-electron chi connectivity index (χ3n) is 4.04. The van der Waals surface area contributed by atoms with E-state index in [0.29, 0.717) is 45.7 Å². The zero-order chi connectivity index (χ0) is 16.9. The van der Waals surface area contributed by atoms with E-state index in [4.69, 9.17) is 9.47 Å². The highest BCUT2D eigenvalue weighted by Crippen LogP contribution is 2.24. The number of carbonyl (C=O) groups is 2. The van der Waals surface area contributed by atoms with Crippen LogP contribution in [-0.4, -0.2) is 80.7 Å². The zero-order valence-corrected chi connectivity index (χ0v) is 14.2. The van der Waals surface area contributed by atoms with Crippen molar-refractivity contribution in [1.29, 1.82) is 0 Å². The van der Waals surface area contributed by atoms with Crippen LogP contribution in [0.1, 0.15) is 26.2 Å². The maximum Gasteiger partial charge on any atom is 0.306 e. The minimum atomic E-state index is -3.65. The molecule has 2 fully saturated rings. The Morgan fingerprint density at radius 2 is 1.91 bits per heavy atom. The van der Waals surface area contributed by atoms with E-state index in [2.05, 4.69) is 0 Å². The van der Waals surface area contributed by atoms with Crippen molar-refractivity contribution in [3.05, 3.63) is 0 Å². The number of amides is 1. The molecule has 132 valence electrons. The van der Waals surface area contributed by atoms with Gasteiger partial charge in [-0.15, -0.1) is 0 Å². The van der Waals surface area contributed by atoms with Gasteiger partial charge in [0, 0.05) is 19.6 Å². The second kappa shape index (κ2) is 8.07. The highest BCUT2D eigenvalue weighted by molar-refractivity contribution is 7.89. The van der Waals surface area contributed by atoms with E-state index < -0.39 is 22.0 Å². The first-order chi connectivity index (χ1) is 11.0. The summed E-state index contributed by atoms with van der Waals surface area (Å²) < 4.78 is 36.2. The molecule has 2 saturated heterocycles. The van der Waals surface area contributed by atoms with Gasteiger partial charge < -0.3 is 14.4 Å². The van der Waals surface area contributed by atoms with Crippen LogP contribution < -0.4 is 0 Å². The van der Waals surface area contributed by atoms with Crippen molar-refractivity contribution >= 4 is 21.9 Å². The van der Waals surface area contributed by atoms with Gasteiger partial charge in [-0.3, -0.25) is 9.59 Å². The average Bonchev–Trinajstić information content (AvgIpc) is 3.04.